The molecule has 1 aromatic carbocycles. The van der Waals surface area contributed by atoms with Crippen LogP contribution in [0.5, 0.6) is 0 Å². The monoisotopic (exact) mass is 265 g/mol. The number of carbonyl (C=O) groups is 1. The van der Waals surface area contributed by atoms with Gasteiger partial charge >= 0.3 is 5.97 Å². The molecule has 0 saturated heterocycles. The first-order valence-electron chi connectivity index (χ1n) is 5.15. The molecule has 1 heterocycles. The predicted octanol–water partition coefficient (Wildman–Crippen LogP) is 1.41. The summed E-state index contributed by atoms with van der Waals surface area (Å²) in [5, 5.41) is 0. The number of hydrogen-bond acceptors (Lipinski definition) is 5. The van der Waals surface area contributed by atoms with Gasteiger partial charge < -0.3 is 4.74 Å². The minimum absolute atomic E-state index is 0.165. The van der Waals surface area contributed by atoms with Crippen molar-refractivity contribution < 1.29 is 17.9 Å². The number of nitrogens with zero attached hydrogens (tertiary/aromatic N) is 1. The highest BCUT2D eigenvalue weighted by atomic mass is 32.2. The molecule has 0 radical (unpaired) electrons. The van der Waals surface area contributed by atoms with Crippen LogP contribution in [0.2, 0.25) is 0 Å². The lowest BCUT2D eigenvalue weighted by atomic mass is 10.2. The number of benzene rings is 1. The van der Waals surface area contributed by atoms with Gasteiger partial charge in [0.1, 0.15) is 0 Å². The molecule has 0 unspecified atom stereocenters. The van der Waals surface area contributed by atoms with Crippen molar-refractivity contribution in [2.75, 3.05) is 6.26 Å². The van der Waals surface area contributed by atoms with Crippen molar-refractivity contribution in [1.82, 2.24) is 0 Å². The molecule has 0 saturated carbocycles. The number of carbonyl (C=O) groups excluding carboxylic acids is 1. The summed E-state index contributed by atoms with van der Waals surface area (Å²) in [5.41, 5.74) is 0.751. The topological polar surface area (TPSA) is 72.8 Å². The van der Waals surface area contributed by atoms with Crippen LogP contribution in [0.4, 0.5) is 0 Å². The SMILES string of the molecule is CC1=N/C(=C\c2cccc(S(C)(=O)=O)c2)C(=O)O1. The number of rotatable bonds is 2. The molecule has 1 aliphatic rings. The van der Waals surface area contributed by atoms with Gasteiger partial charge in [0.15, 0.2) is 21.4 Å². The van der Waals surface area contributed by atoms with Gasteiger partial charge in [0, 0.05) is 13.2 Å². The van der Waals surface area contributed by atoms with Crippen LogP contribution < -0.4 is 0 Å². The van der Waals surface area contributed by atoms with E-state index in [2.05, 4.69) is 4.99 Å². The van der Waals surface area contributed by atoms with Crippen molar-refractivity contribution in [2.24, 2.45) is 4.99 Å². The van der Waals surface area contributed by atoms with E-state index in [4.69, 9.17) is 4.74 Å². The second kappa shape index (κ2) is 4.38. The first kappa shape index (κ1) is 12.5. The summed E-state index contributed by atoms with van der Waals surface area (Å²) >= 11 is 0. The van der Waals surface area contributed by atoms with E-state index in [1.807, 2.05) is 0 Å². The molecule has 0 aromatic heterocycles. The molecule has 18 heavy (non-hydrogen) atoms. The summed E-state index contributed by atoms with van der Waals surface area (Å²) in [6, 6.07) is 6.29. The van der Waals surface area contributed by atoms with Gasteiger partial charge in [-0.1, -0.05) is 12.1 Å². The molecule has 94 valence electrons. The van der Waals surface area contributed by atoms with Gasteiger partial charge in [0.05, 0.1) is 4.90 Å². The maximum Gasteiger partial charge on any atom is 0.363 e. The molecule has 0 spiro atoms. The molecule has 0 amide bonds. The molecule has 2 rings (SSSR count). The van der Waals surface area contributed by atoms with E-state index >= 15 is 0 Å². The first-order chi connectivity index (χ1) is 8.36. The van der Waals surface area contributed by atoms with Crippen LogP contribution in [0.15, 0.2) is 39.9 Å². The summed E-state index contributed by atoms with van der Waals surface area (Å²) < 4.78 is 27.6. The van der Waals surface area contributed by atoms with Crippen LogP contribution in [0, 0.1) is 0 Å². The Labute approximate surface area is 105 Å². The Balaban J connectivity index is 2.42. The summed E-state index contributed by atoms with van der Waals surface area (Å²) in [6.07, 6.45) is 2.62. The Morgan fingerprint density at radius 1 is 1.33 bits per heavy atom. The highest BCUT2D eigenvalue weighted by molar-refractivity contribution is 7.90. The number of sulfone groups is 1. The van der Waals surface area contributed by atoms with E-state index in [0.29, 0.717) is 5.56 Å². The van der Waals surface area contributed by atoms with E-state index < -0.39 is 15.8 Å². The molecule has 0 fully saturated rings. The van der Waals surface area contributed by atoms with Crippen LogP contribution in [0.3, 0.4) is 0 Å². The van der Waals surface area contributed by atoms with Gasteiger partial charge in [-0.15, -0.1) is 0 Å². The van der Waals surface area contributed by atoms with Crippen molar-refractivity contribution >= 4 is 27.8 Å². The number of cyclic esters (lactones) is 1. The van der Waals surface area contributed by atoms with Gasteiger partial charge in [-0.25, -0.2) is 18.2 Å². The molecular weight excluding hydrogens is 254 g/mol. The normalized spacial score (nSPS) is 17.8. The zero-order chi connectivity index (χ0) is 13.3. The van der Waals surface area contributed by atoms with E-state index in [1.54, 1.807) is 19.1 Å². The van der Waals surface area contributed by atoms with Gasteiger partial charge in [0.25, 0.3) is 0 Å². The molecule has 5 nitrogen and oxygen atoms in total. The van der Waals surface area contributed by atoms with Crippen molar-refractivity contribution in [3.8, 4) is 0 Å². The number of aliphatic imine (C=N–C) groups is 1. The number of ether oxygens (including phenoxy) is 1. The second-order valence-electron chi connectivity index (χ2n) is 3.89. The zero-order valence-electron chi connectivity index (χ0n) is 9.88. The minimum Gasteiger partial charge on any atom is -0.407 e. The van der Waals surface area contributed by atoms with E-state index in [9.17, 15) is 13.2 Å². The average Bonchev–Trinajstić information content (AvgIpc) is 2.56. The van der Waals surface area contributed by atoms with E-state index in [1.165, 1.54) is 18.2 Å². The third-order valence-electron chi connectivity index (χ3n) is 2.32. The molecule has 0 atom stereocenters. The fourth-order valence-corrected chi connectivity index (χ4v) is 2.18. The molecule has 0 bridgehead atoms. The lowest BCUT2D eigenvalue weighted by Crippen LogP contribution is -2.00. The lowest BCUT2D eigenvalue weighted by molar-refractivity contribution is -0.130. The Bertz CT molecular complexity index is 671. The first-order valence-corrected chi connectivity index (χ1v) is 7.05. The maximum atomic E-state index is 11.4. The Morgan fingerprint density at radius 3 is 2.61 bits per heavy atom. The molecule has 6 heteroatoms. The minimum atomic E-state index is -3.26. The van der Waals surface area contributed by atoms with Crippen LogP contribution in [0.25, 0.3) is 6.08 Å². The Morgan fingerprint density at radius 2 is 2.06 bits per heavy atom. The average molecular weight is 265 g/mol. The highest BCUT2D eigenvalue weighted by Crippen LogP contribution is 2.17. The van der Waals surface area contributed by atoms with Crippen molar-refractivity contribution in [2.45, 2.75) is 11.8 Å². The smallest absolute Gasteiger partial charge is 0.363 e. The van der Waals surface area contributed by atoms with E-state index in [-0.39, 0.29) is 16.5 Å². The standard InChI is InChI=1S/C12H11NO4S/c1-8-13-11(12(14)17-8)7-9-4-3-5-10(6-9)18(2,15)16/h3-7H,1-2H3/b11-7-. The van der Waals surface area contributed by atoms with Gasteiger partial charge in [-0.2, -0.15) is 0 Å². The summed E-state index contributed by atoms with van der Waals surface area (Å²) in [5.74, 6) is -0.247. The molecule has 1 aliphatic heterocycles. The third kappa shape index (κ3) is 2.65. The fraction of sp³-hybridized carbons (Fsp3) is 0.167. The fourth-order valence-electron chi connectivity index (χ4n) is 1.51. The van der Waals surface area contributed by atoms with Crippen molar-refractivity contribution in [1.29, 1.82) is 0 Å². The van der Waals surface area contributed by atoms with Crippen molar-refractivity contribution in [3.63, 3.8) is 0 Å². The summed E-state index contributed by atoms with van der Waals surface area (Å²) in [6.45, 7) is 1.58. The largest absolute Gasteiger partial charge is 0.407 e. The van der Waals surface area contributed by atoms with Gasteiger partial charge in [0.2, 0.25) is 0 Å². The van der Waals surface area contributed by atoms with Crippen LogP contribution in [-0.2, 0) is 19.4 Å². The van der Waals surface area contributed by atoms with Crippen LogP contribution in [-0.4, -0.2) is 26.5 Å². The summed E-state index contributed by atoms with van der Waals surface area (Å²) in [4.78, 5) is 15.5. The number of esters is 1. The second-order valence-corrected chi connectivity index (χ2v) is 5.91. The zero-order valence-corrected chi connectivity index (χ0v) is 10.7. The Kier molecular flexibility index (Phi) is 3.04. The third-order valence-corrected chi connectivity index (χ3v) is 3.43. The van der Waals surface area contributed by atoms with Gasteiger partial charge in [-0.05, 0) is 23.8 Å². The van der Waals surface area contributed by atoms with E-state index in [0.717, 1.165) is 6.26 Å². The molecule has 0 aliphatic carbocycles. The summed E-state index contributed by atoms with van der Waals surface area (Å²) in [7, 11) is -3.26. The number of hydrogen-bond donors (Lipinski definition) is 0. The molecule has 1 aromatic rings. The molecule has 0 N–H and O–H groups in total. The molecular formula is C12H11NO4S. The van der Waals surface area contributed by atoms with Crippen molar-refractivity contribution in [3.05, 3.63) is 35.5 Å². The lowest BCUT2D eigenvalue weighted by Gasteiger charge is -1.99. The predicted molar refractivity (Wildman–Crippen MR) is 66.7 cm³/mol. The van der Waals surface area contributed by atoms with Gasteiger partial charge in [-0.3, -0.25) is 0 Å². The quantitative estimate of drug-likeness (QED) is 0.598. The van der Waals surface area contributed by atoms with Crippen LogP contribution in [0.1, 0.15) is 12.5 Å². The Hall–Kier alpha value is -1.95. The van der Waals surface area contributed by atoms with Crippen LogP contribution >= 0.6 is 0 Å². The maximum absolute atomic E-state index is 11.4. The highest BCUT2D eigenvalue weighted by Gasteiger charge is 2.19.